The number of carbonyl (C=O) groups is 1. The first kappa shape index (κ1) is 21.4. The van der Waals surface area contributed by atoms with Crippen molar-refractivity contribution in [3.63, 3.8) is 0 Å². The standard InChI is InChI=1S/C21H20ClFN2O5/c1-11-18(20(25-30-11)19-14(22)6-5-7-15(19)23)21(26)24-10-13-16(28-3)8-12(27-2)9-17(13)29-4/h5-9H,10H2,1-4H3,(H,24,26). The van der Waals surface area contributed by atoms with Crippen molar-refractivity contribution in [2.24, 2.45) is 0 Å². The monoisotopic (exact) mass is 434 g/mol. The summed E-state index contributed by atoms with van der Waals surface area (Å²) in [6.45, 7) is 1.64. The van der Waals surface area contributed by atoms with E-state index in [4.69, 9.17) is 30.3 Å². The zero-order valence-electron chi connectivity index (χ0n) is 16.8. The summed E-state index contributed by atoms with van der Waals surface area (Å²) in [5.74, 6) is 0.615. The number of benzene rings is 2. The van der Waals surface area contributed by atoms with Gasteiger partial charge in [-0.1, -0.05) is 22.8 Å². The highest BCUT2D eigenvalue weighted by Gasteiger charge is 2.26. The van der Waals surface area contributed by atoms with Crippen LogP contribution >= 0.6 is 11.6 Å². The average molecular weight is 435 g/mol. The van der Waals surface area contributed by atoms with Crippen LogP contribution in [0.2, 0.25) is 5.02 Å². The molecule has 0 aliphatic carbocycles. The summed E-state index contributed by atoms with van der Waals surface area (Å²) in [5.41, 5.74) is 0.727. The molecule has 9 heteroatoms. The van der Waals surface area contributed by atoms with Crippen LogP contribution in [0, 0.1) is 12.7 Å². The Kier molecular flexibility index (Phi) is 6.47. The molecule has 3 aromatic rings. The van der Waals surface area contributed by atoms with Gasteiger partial charge in [-0.2, -0.15) is 0 Å². The molecule has 2 aromatic carbocycles. The smallest absolute Gasteiger partial charge is 0.257 e. The lowest BCUT2D eigenvalue weighted by Gasteiger charge is -2.15. The minimum atomic E-state index is -0.608. The summed E-state index contributed by atoms with van der Waals surface area (Å²) >= 11 is 6.13. The van der Waals surface area contributed by atoms with E-state index in [1.54, 1.807) is 19.1 Å². The van der Waals surface area contributed by atoms with E-state index in [2.05, 4.69) is 10.5 Å². The Morgan fingerprint density at radius 2 is 1.83 bits per heavy atom. The third-order valence-electron chi connectivity index (χ3n) is 4.53. The second-order valence-corrected chi connectivity index (χ2v) is 6.66. The number of hydrogen-bond donors (Lipinski definition) is 1. The van der Waals surface area contributed by atoms with Crippen LogP contribution in [0.15, 0.2) is 34.9 Å². The molecule has 0 aliphatic rings. The molecule has 1 aromatic heterocycles. The molecule has 1 N–H and O–H groups in total. The first-order chi connectivity index (χ1) is 14.4. The highest BCUT2D eigenvalue weighted by atomic mass is 35.5. The number of aryl methyl sites for hydroxylation is 1. The maximum atomic E-state index is 14.4. The van der Waals surface area contributed by atoms with Crippen molar-refractivity contribution < 1.29 is 27.9 Å². The normalized spacial score (nSPS) is 10.6. The van der Waals surface area contributed by atoms with Crippen LogP contribution in [-0.2, 0) is 6.54 Å². The molecule has 0 bridgehead atoms. The molecule has 0 spiro atoms. The molecule has 158 valence electrons. The molecule has 1 heterocycles. The lowest BCUT2D eigenvalue weighted by Crippen LogP contribution is -2.24. The van der Waals surface area contributed by atoms with Crippen molar-refractivity contribution in [3.05, 3.63) is 58.1 Å². The number of ether oxygens (including phenoxy) is 3. The van der Waals surface area contributed by atoms with Crippen LogP contribution < -0.4 is 19.5 Å². The van der Waals surface area contributed by atoms with Crippen LogP contribution in [-0.4, -0.2) is 32.4 Å². The molecule has 0 radical (unpaired) electrons. The number of nitrogens with zero attached hydrogens (tertiary/aromatic N) is 1. The van der Waals surface area contributed by atoms with Gasteiger partial charge in [0.05, 0.1) is 44.0 Å². The lowest BCUT2D eigenvalue weighted by molar-refractivity contribution is 0.0949. The molecule has 30 heavy (non-hydrogen) atoms. The third-order valence-corrected chi connectivity index (χ3v) is 4.85. The predicted octanol–water partition coefficient (Wildman–Crippen LogP) is 4.40. The first-order valence-electron chi connectivity index (χ1n) is 8.89. The molecule has 0 aliphatic heterocycles. The fourth-order valence-electron chi connectivity index (χ4n) is 3.04. The number of nitrogens with one attached hydrogen (secondary N) is 1. The number of amides is 1. The maximum absolute atomic E-state index is 14.4. The zero-order chi connectivity index (χ0) is 21.8. The van der Waals surface area contributed by atoms with E-state index in [9.17, 15) is 9.18 Å². The topological polar surface area (TPSA) is 82.8 Å². The zero-order valence-corrected chi connectivity index (χ0v) is 17.6. The second kappa shape index (κ2) is 9.04. The Bertz CT molecular complexity index is 1040. The number of methoxy groups -OCH3 is 3. The molecule has 0 saturated carbocycles. The van der Waals surface area contributed by atoms with E-state index >= 15 is 0 Å². The Morgan fingerprint density at radius 1 is 1.17 bits per heavy atom. The summed E-state index contributed by atoms with van der Waals surface area (Å²) in [5, 5.41) is 6.74. The van der Waals surface area contributed by atoms with Gasteiger partial charge in [0.1, 0.15) is 40.1 Å². The van der Waals surface area contributed by atoms with Gasteiger partial charge in [-0.25, -0.2) is 4.39 Å². The molecule has 7 nitrogen and oxygen atoms in total. The SMILES string of the molecule is COc1cc(OC)c(CNC(=O)c2c(-c3c(F)cccc3Cl)noc2C)c(OC)c1. The number of halogens is 2. The van der Waals surface area contributed by atoms with Crippen LogP contribution in [0.1, 0.15) is 21.7 Å². The van der Waals surface area contributed by atoms with Crippen LogP contribution in [0.4, 0.5) is 4.39 Å². The van der Waals surface area contributed by atoms with Gasteiger partial charge in [0.15, 0.2) is 0 Å². The Morgan fingerprint density at radius 3 is 2.40 bits per heavy atom. The summed E-state index contributed by atoms with van der Waals surface area (Å²) in [6.07, 6.45) is 0. The molecule has 0 saturated heterocycles. The van der Waals surface area contributed by atoms with Crippen molar-refractivity contribution in [3.8, 4) is 28.5 Å². The van der Waals surface area contributed by atoms with E-state index in [0.717, 1.165) is 0 Å². The Hall–Kier alpha value is -3.26. The summed E-state index contributed by atoms with van der Waals surface area (Å²) in [4.78, 5) is 13.0. The molecule has 0 fully saturated rings. The Balaban J connectivity index is 1.93. The van der Waals surface area contributed by atoms with Crippen molar-refractivity contribution in [1.82, 2.24) is 10.5 Å². The van der Waals surface area contributed by atoms with E-state index in [0.29, 0.717) is 22.8 Å². The minimum absolute atomic E-state index is 0.000718. The predicted molar refractivity (Wildman–Crippen MR) is 109 cm³/mol. The maximum Gasteiger partial charge on any atom is 0.257 e. The summed E-state index contributed by atoms with van der Waals surface area (Å²) < 4.78 is 35.5. The second-order valence-electron chi connectivity index (χ2n) is 6.25. The molecular weight excluding hydrogens is 415 g/mol. The van der Waals surface area contributed by atoms with Crippen molar-refractivity contribution in [2.45, 2.75) is 13.5 Å². The molecule has 3 rings (SSSR count). The van der Waals surface area contributed by atoms with E-state index < -0.39 is 11.7 Å². The van der Waals surface area contributed by atoms with Crippen molar-refractivity contribution in [1.29, 1.82) is 0 Å². The first-order valence-corrected chi connectivity index (χ1v) is 9.26. The van der Waals surface area contributed by atoms with Gasteiger partial charge in [-0.05, 0) is 19.1 Å². The number of aromatic nitrogens is 1. The highest BCUT2D eigenvalue weighted by Crippen LogP contribution is 2.35. The van der Waals surface area contributed by atoms with E-state index in [1.807, 2.05) is 0 Å². The van der Waals surface area contributed by atoms with Gasteiger partial charge in [0.2, 0.25) is 0 Å². The molecule has 0 unspecified atom stereocenters. The largest absolute Gasteiger partial charge is 0.496 e. The van der Waals surface area contributed by atoms with Crippen LogP contribution in [0.25, 0.3) is 11.3 Å². The number of hydrogen-bond acceptors (Lipinski definition) is 6. The van der Waals surface area contributed by atoms with Gasteiger partial charge in [-0.3, -0.25) is 4.79 Å². The van der Waals surface area contributed by atoms with Crippen LogP contribution in [0.5, 0.6) is 17.2 Å². The third kappa shape index (κ3) is 4.04. The van der Waals surface area contributed by atoms with Gasteiger partial charge >= 0.3 is 0 Å². The van der Waals surface area contributed by atoms with Gasteiger partial charge < -0.3 is 24.1 Å². The van der Waals surface area contributed by atoms with Crippen LogP contribution in [0.3, 0.4) is 0 Å². The fraction of sp³-hybridized carbons (Fsp3) is 0.238. The molecular formula is C21H20ClFN2O5. The van der Waals surface area contributed by atoms with E-state index in [1.165, 1.54) is 39.5 Å². The fourth-order valence-corrected chi connectivity index (χ4v) is 3.30. The van der Waals surface area contributed by atoms with Gasteiger partial charge in [-0.15, -0.1) is 0 Å². The minimum Gasteiger partial charge on any atom is -0.496 e. The van der Waals surface area contributed by atoms with E-state index in [-0.39, 0.29) is 34.1 Å². The van der Waals surface area contributed by atoms with Crippen molar-refractivity contribution >= 4 is 17.5 Å². The number of carbonyl (C=O) groups excluding carboxylic acids is 1. The van der Waals surface area contributed by atoms with Gasteiger partial charge in [0, 0.05) is 12.1 Å². The summed E-state index contributed by atoms with van der Waals surface area (Å²) in [6, 6.07) is 7.58. The quantitative estimate of drug-likeness (QED) is 0.593. The van der Waals surface area contributed by atoms with Crippen molar-refractivity contribution in [2.75, 3.05) is 21.3 Å². The summed E-state index contributed by atoms with van der Waals surface area (Å²) in [7, 11) is 4.53. The average Bonchev–Trinajstić information content (AvgIpc) is 3.12. The number of rotatable bonds is 7. The lowest BCUT2D eigenvalue weighted by atomic mass is 10.0. The molecule has 1 amide bonds. The van der Waals surface area contributed by atoms with Gasteiger partial charge in [0.25, 0.3) is 5.91 Å². The molecule has 0 atom stereocenters. The Labute approximate surface area is 177 Å². The highest BCUT2D eigenvalue weighted by molar-refractivity contribution is 6.33.